The molecule has 0 unspecified atom stereocenters. The standard InChI is InChI=1S/C22H26F3N3O/c1-15-11-16(2)21(17(3)12-15)26-20(29)14-27-7-9-28(10-8-27)19-6-4-5-18(13-19)22(23,24)25/h4-6,11-13H,7-10,14H2,1-3H3,(H,26,29)/p+1. The Bertz CT molecular complexity index is 864. The third-order valence-electron chi connectivity index (χ3n) is 5.36. The molecule has 1 aliphatic rings. The van der Waals surface area contributed by atoms with Crippen LogP contribution in [0.15, 0.2) is 36.4 Å². The van der Waals surface area contributed by atoms with E-state index in [1.54, 1.807) is 6.07 Å². The highest BCUT2D eigenvalue weighted by molar-refractivity contribution is 5.93. The molecule has 0 spiro atoms. The van der Waals surface area contributed by atoms with Crippen LogP contribution in [-0.2, 0) is 11.0 Å². The molecule has 1 heterocycles. The number of hydrogen-bond acceptors (Lipinski definition) is 2. The monoisotopic (exact) mass is 406 g/mol. The normalized spacial score (nSPS) is 15.4. The summed E-state index contributed by atoms with van der Waals surface area (Å²) in [7, 11) is 0. The Kier molecular flexibility index (Phi) is 6.17. The highest BCUT2D eigenvalue weighted by Crippen LogP contribution is 2.31. The van der Waals surface area contributed by atoms with Gasteiger partial charge >= 0.3 is 6.18 Å². The van der Waals surface area contributed by atoms with Gasteiger partial charge in [0, 0.05) is 11.4 Å². The maximum Gasteiger partial charge on any atom is 0.416 e. The molecule has 1 amide bonds. The van der Waals surface area contributed by atoms with Gasteiger partial charge < -0.3 is 15.1 Å². The molecule has 3 rings (SSSR count). The van der Waals surface area contributed by atoms with Crippen molar-refractivity contribution >= 4 is 17.3 Å². The van der Waals surface area contributed by atoms with Crippen LogP contribution in [0.3, 0.4) is 0 Å². The summed E-state index contributed by atoms with van der Waals surface area (Å²) in [6.45, 7) is 8.99. The number of carbonyl (C=O) groups excluding carboxylic acids is 1. The van der Waals surface area contributed by atoms with Gasteiger partial charge in [0.2, 0.25) is 0 Å². The number of aryl methyl sites for hydroxylation is 3. The average molecular weight is 406 g/mol. The third kappa shape index (κ3) is 5.29. The van der Waals surface area contributed by atoms with Crippen LogP contribution in [0.5, 0.6) is 0 Å². The van der Waals surface area contributed by atoms with Crippen LogP contribution in [0.4, 0.5) is 24.5 Å². The van der Waals surface area contributed by atoms with Gasteiger partial charge in [-0.05, 0) is 50.1 Å². The van der Waals surface area contributed by atoms with Gasteiger partial charge in [0.05, 0.1) is 31.7 Å². The molecule has 1 aliphatic heterocycles. The predicted octanol–water partition coefficient (Wildman–Crippen LogP) is 2.97. The SMILES string of the molecule is Cc1cc(C)c(NC(=O)C[NH+]2CCN(c3cccc(C(F)(F)F)c3)CC2)c(C)c1. The number of nitrogens with one attached hydrogen (secondary N) is 2. The van der Waals surface area contributed by atoms with Gasteiger partial charge in [0.15, 0.2) is 6.54 Å². The van der Waals surface area contributed by atoms with Crippen LogP contribution in [0.25, 0.3) is 0 Å². The maximum absolute atomic E-state index is 12.9. The van der Waals surface area contributed by atoms with Crippen LogP contribution in [0.2, 0.25) is 0 Å². The fourth-order valence-electron chi connectivity index (χ4n) is 3.92. The van der Waals surface area contributed by atoms with Crippen LogP contribution in [0.1, 0.15) is 22.3 Å². The first-order valence-electron chi connectivity index (χ1n) is 9.77. The highest BCUT2D eigenvalue weighted by Gasteiger charge is 2.31. The topological polar surface area (TPSA) is 36.8 Å². The minimum Gasteiger partial charge on any atom is -0.360 e. The van der Waals surface area contributed by atoms with Gasteiger partial charge in [0.25, 0.3) is 5.91 Å². The molecular weight excluding hydrogens is 379 g/mol. The first-order chi connectivity index (χ1) is 13.6. The second kappa shape index (κ2) is 8.45. The van der Waals surface area contributed by atoms with Gasteiger partial charge in [0.1, 0.15) is 0 Å². The van der Waals surface area contributed by atoms with Gasteiger partial charge in [-0.25, -0.2) is 0 Å². The van der Waals surface area contributed by atoms with E-state index in [-0.39, 0.29) is 5.91 Å². The maximum atomic E-state index is 12.9. The number of benzene rings is 2. The fourth-order valence-corrected chi connectivity index (χ4v) is 3.92. The number of anilines is 2. The number of quaternary nitrogens is 1. The van der Waals surface area contributed by atoms with Gasteiger partial charge in [-0.15, -0.1) is 0 Å². The molecule has 1 fully saturated rings. The molecule has 1 saturated heterocycles. The molecule has 2 aromatic rings. The number of alkyl halides is 3. The van der Waals surface area contributed by atoms with Crippen molar-refractivity contribution in [3.05, 3.63) is 58.7 Å². The predicted molar refractivity (Wildman–Crippen MR) is 109 cm³/mol. The minimum absolute atomic E-state index is 0.0393. The van der Waals surface area contributed by atoms with Gasteiger partial charge in [-0.1, -0.05) is 23.8 Å². The molecule has 29 heavy (non-hydrogen) atoms. The Labute approximate surface area is 169 Å². The van der Waals surface area contributed by atoms with Crippen LogP contribution >= 0.6 is 0 Å². The molecule has 0 saturated carbocycles. The third-order valence-corrected chi connectivity index (χ3v) is 5.36. The van der Waals surface area contributed by atoms with Crippen molar-refractivity contribution in [1.29, 1.82) is 0 Å². The summed E-state index contributed by atoms with van der Waals surface area (Å²) in [5.74, 6) is -0.0393. The van der Waals surface area contributed by atoms with Crippen LogP contribution in [0, 0.1) is 20.8 Å². The summed E-state index contributed by atoms with van der Waals surface area (Å²) in [6.07, 6.45) is -4.34. The Morgan fingerprint density at radius 3 is 2.28 bits per heavy atom. The van der Waals surface area contributed by atoms with E-state index in [2.05, 4.69) is 5.32 Å². The molecule has 7 heteroatoms. The average Bonchev–Trinajstić information content (AvgIpc) is 2.65. The molecule has 0 bridgehead atoms. The number of rotatable bonds is 4. The van der Waals surface area contributed by atoms with Crippen molar-refractivity contribution in [3.8, 4) is 0 Å². The summed E-state index contributed by atoms with van der Waals surface area (Å²) in [5.41, 5.74) is 4.06. The zero-order valence-electron chi connectivity index (χ0n) is 17.0. The second-order valence-corrected chi connectivity index (χ2v) is 7.78. The van der Waals surface area contributed by atoms with Crippen molar-refractivity contribution in [2.24, 2.45) is 0 Å². The summed E-state index contributed by atoms with van der Waals surface area (Å²) in [4.78, 5) is 15.6. The number of carbonyl (C=O) groups is 1. The van der Waals surface area contributed by atoms with E-state index in [1.807, 2.05) is 37.8 Å². The summed E-state index contributed by atoms with van der Waals surface area (Å²) in [5, 5.41) is 3.02. The van der Waals surface area contributed by atoms with E-state index in [4.69, 9.17) is 0 Å². The highest BCUT2D eigenvalue weighted by atomic mass is 19.4. The molecule has 0 aliphatic carbocycles. The van der Waals surface area contributed by atoms with Gasteiger partial charge in [-0.2, -0.15) is 13.2 Å². The van der Waals surface area contributed by atoms with E-state index < -0.39 is 11.7 Å². The Morgan fingerprint density at radius 2 is 1.69 bits per heavy atom. The number of hydrogen-bond donors (Lipinski definition) is 2. The first-order valence-corrected chi connectivity index (χ1v) is 9.77. The van der Waals surface area contributed by atoms with Crippen LogP contribution < -0.4 is 15.1 Å². The largest absolute Gasteiger partial charge is 0.416 e. The zero-order chi connectivity index (χ0) is 21.2. The second-order valence-electron chi connectivity index (χ2n) is 7.78. The molecule has 0 atom stereocenters. The lowest BCUT2D eigenvalue weighted by Crippen LogP contribution is -3.15. The smallest absolute Gasteiger partial charge is 0.360 e. The van der Waals surface area contributed by atoms with E-state index in [0.29, 0.717) is 38.4 Å². The van der Waals surface area contributed by atoms with Crippen molar-refractivity contribution in [1.82, 2.24) is 0 Å². The summed E-state index contributed by atoms with van der Waals surface area (Å²) in [6, 6.07) is 9.52. The van der Waals surface area contributed by atoms with E-state index in [0.717, 1.165) is 33.3 Å². The lowest BCUT2D eigenvalue weighted by Gasteiger charge is -2.33. The van der Waals surface area contributed by atoms with E-state index >= 15 is 0 Å². The number of piperazine rings is 1. The number of nitrogens with zero attached hydrogens (tertiary/aromatic N) is 1. The molecule has 0 radical (unpaired) electrons. The lowest BCUT2D eigenvalue weighted by molar-refractivity contribution is -0.892. The Morgan fingerprint density at radius 1 is 1.07 bits per heavy atom. The van der Waals surface area contributed by atoms with E-state index in [9.17, 15) is 18.0 Å². The quantitative estimate of drug-likeness (QED) is 0.819. The minimum atomic E-state index is -4.34. The Hall–Kier alpha value is -2.54. The lowest BCUT2D eigenvalue weighted by atomic mass is 10.1. The number of amides is 1. The molecule has 156 valence electrons. The van der Waals surface area contributed by atoms with Crippen molar-refractivity contribution in [2.45, 2.75) is 26.9 Å². The van der Waals surface area contributed by atoms with E-state index in [1.165, 1.54) is 12.1 Å². The summed E-state index contributed by atoms with van der Waals surface area (Å²) >= 11 is 0. The first kappa shape index (κ1) is 21.2. The fraction of sp³-hybridized carbons (Fsp3) is 0.409. The van der Waals surface area contributed by atoms with Crippen molar-refractivity contribution in [2.75, 3.05) is 42.9 Å². The summed E-state index contributed by atoms with van der Waals surface area (Å²) < 4.78 is 38.8. The van der Waals surface area contributed by atoms with Crippen molar-refractivity contribution < 1.29 is 22.9 Å². The molecule has 2 aromatic carbocycles. The molecular formula is C22H27F3N3O+. The Balaban J connectivity index is 1.56. The van der Waals surface area contributed by atoms with Gasteiger partial charge in [-0.3, -0.25) is 4.79 Å². The zero-order valence-corrected chi connectivity index (χ0v) is 17.0. The van der Waals surface area contributed by atoms with Crippen molar-refractivity contribution in [3.63, 3.8) is 0 Å². The molecule has 2 N–H and O–H groups in total. The number of halogens is 3. The molecule has 4 nitrogen and oxygen atoms in total. The van der Waals surface area contributed by atoms with Crippen LogP contribution in [-0.4, -0.2) is 38.6 Å². The molecule has 0 aromatic heterocycles.